The molecule has 0 atom stereocenters. The van der Waals surface area contributed by atoms with Gasteiger partial charge in [-0.15, -0.1) is 0 Å². The molecule has 1 amide bonds. The number of carbonyl (C=O) groups excluding carboxylic acids is 1. The topological polar surface area (TPSA) is 84.9 Å². The van der Waals surface area contributed by atoms with Crippen molar-refractivity contribution in [3.8, 4) is 11.5 Å². The van der Waals surface area contributed by atoms with E-state index in [1.54, 1.807) is 18.2 Å². The first kappa shape index (κ1) is 20.7. The highest BCUT2D eigenvalue weighted by atomic mass is 32.2. The zero-order valence-electron chi connectivity index (χ0n) is 15.2. The van der Waals surface area contributed by atoms with Gasteiger partial charge in [-0.3, -0.25) is 4.79 Å². The van der Waals surface area contributed by atoms with Crippen molar-refractivity contribution in [1.29, 1.82) is 0 Å². The van der Waals surface area contributed by atoms with Crippen molar-refractivity contribution in [2.75, 3.05) is 32.3 Å². The summed E-state index contributed by atoms with van der Waals surface area (Å²) >= 11 is 0. The van der Waals surface area contributed by atoms with Crippen LogP contribution < -0.4 is 14.8 Å². The molecule has 146 valence electrons. The van der Waals surface area contributed by atoms with Gasteiger partial charge >= 0.3 is 0 Å². The lowest BCUT2D eigenvalue weighted by atomic mass is 10.2. The lowest BCUT2D eigenvalue weighted by Crippen LogP contribution is -2.36. The van der Waals surface area contributed by atoms with Crippen LogP contribution in [0.25, 0.3) is 0 Å². The quantitative estimate of drug-likeness (QED) is 0.740. The number of hydrogen-bond acceptors (Lipinski definition) is 5. The molecule has 0 aliphatic heterocycles. The van der Waals surface area contributed by atoms with Crippen LogP contribution in [0.3, 0.4) is 0 Å². The molecule has 0 fully saturated rings. The predicted octanol–water partition coefficient (Wildman–Crippen LogP) is 2.24. The third kappa shape index (κ3) is 5.93. The first-order chi connectivity index (χ1) is 12.7. The molecule has 0 aromatic heterocycles. The van der Waals surface area contributed by atoms with E-state index < -0.39 is 21.7 Å². The summed E-state index contributed by atoms with van der Waals surface area (Å²) in [5.41, 5.74) is 1.01. The molecule has 0 spiro atoms. The minimum Gasteiger partial charge on any atom is -0.493 e. The van der Waals surface area contributed by atoms with Gasteiger partial charge in [-0.2, -0.15) is 4.31 Å². The molecular formula is C18H21FN2O5S. The van der Waals surface area contributed by atoms with E-state index in [1.807, 2.05) is 0 Å². The molecule has 9 heteroatoms. The van der Waals surface area contributed by atoms with E-state index in [9.17, 15) is 17.6 Å². The van der Waals surface area contributed by atoms with Crippen LogP contribution in [0.1, 0.15) is 5.56 Å². The van der Waals surface area contributed by atoms with Gasteiger partial charge in [0, 0.05) is 12.2 Å². The van der Waals surface area contributed by atoms with Crippen molar-refractivity contribution in [2.24, 2.45) is 0 Å². The predicted molar refractivity (Wildman–Crippen MR) is 99.8 cm³/mol. The van der Waals surface area contributed by atoms with Gasteiger partial charge in [0.1, 0.15) is 5.82 Å². The number of sulfonamides is 1. The molecule has 0 heterocycles. The fourth-order valence-electron chi connectivity index (χ4n) is 2.37. The maximum absolute atomic E-state index is 12.9. The summed E-state index contributed by atoms with van der Waals surface area (Å²) in [6.45, 7) is -0.402. The smallest absolute Gasteiger partial charge is 0.239 e. The molecule has 2 rings (SSSR count). The molecular weight excluding hydrogens is 375 g/mol. The minimum atomic E-state index is -3.65. The monoisotopic (exact) mass is 396 g/mol. The van der Waals surface area contributed by atoms with E-state index in [2.05, 4.69) is 5.32 Å². The van der Waals surface area contributed by atoms with Crippen molar-refractivity contribution >= 4 is 21.6 Å². The largest absolute Gasteiger partial charge is 0.493 e. The van der Waals surface area contributed by atoms with E-state index in [0.29, 0.717) is 22.7 Å². The van der Waals surface area contributed by atoms with Crippen LogP contribution in [-0.4, -0.2) is 45.7 Å². The van der Waals surface area contributed by atoms with Crippen molar-refractivity contribution < 1.29 is 27.1 Å². The van der Waals surface area contributed by atoms with Crippen LogP contribution in [0.2, 0.25) is 0 Å². The Morgan fingerprint density at radius 1 is 1.07 bits per heavy atom. The van der Waals surface area contributed by atoms with E-state index in [4.69, 9.17) is 9.47 Å². The van der Waals surface area contributed by atoms with Gasteiger partial charge in [0.2, 0.25) is 15.9 Å². The summed E-state index contributed by atoms with van der Waals surface area (Å²) in [5.74, 6) is 0.00662. The van der Waals surface area contributed by atoms with E-state index in [0.717, 1.165) is 10.6 Å². The molecule has 0 saturated carbocycles. The Hall–Kier alpha value is -2.65. The SMILES string of the molecule is COc1ccc(CN(CC(=O)Nc2ccc(F)cc2)S(C)(=O)=O)cc1OC. The molecule has 1 N–H and O–H groups in total. The Bertz CT molecular complexity index is 900. The number of benzene rings is 2. The summed E-state index contributed by atoms with van der Waals surface area (Å²) < 4.78 is 48.5. The Kier molecular flexibility index (Phi) is 6.75. The Balaban J connectivity index is 2.14. The number of amides is 1. The number of rotatable bonds is 8. The average Bonchev–Trinajstić information content (AvgIpc) is 2.62. The first-order valence-corrected chi connectivity index (χ1v) is 9.79. The Morgan fingerprint density at radius 3 is 2.26 bits per heavy atom. The Morgan fingerprint density at radius 2 is 1.70 bits per heavy atom. The number of anilines is 1. The zero-order valence-corrected chi connectivity index (χ0v) is 16.0. The minimum absolute atomic E-state index is 0.0178. The molecule has 2 aromatic rings. The van der Waals surface area contributed by atoms with Gasteiger partial charge in [0.25, 0.3) is 0 Å². The zero-order chi connectivity index (χ0) is 20.0. The fraction of sp³-hybridized carbons (Fsp3) is 0.278. The molecule has 0 aliphatic carbocycles. The highest BCUT2D eigenvalue weighted by Gasteiger charge is 2.21. The number of ether oxygens (including phenoxy) is 2. The lowest BCUT2D eigenvalue weighted by Gasteiger charge is -2.20. The van der Waals surface area contributed by atoms with Gasteiger partial charge in [-0.1, -0.05) is 6.07 Å². The number of nitrogens with zero attached hydrogens (tertiary/aromatic N) is 1. The van der Waals surface area contributed by atoms with Gasteiger partial charge in [0.05, 0.1) is 27.0 Å². The van der Waals surface area contributed by atoms with Gasteiger partial charge in [0.15, 0.2) is 11.5 Å². The lowest BCUT2D eigenvalue weighted by molar-refractivity contribution is -0.116. The maximum atomic E-state index is 12.9. The van der Waals surface area contributed by atoms with Crippen molar-refractivity contribution in [1.82, 2.24) is 4.31 Å². The van der Waals surface area contributed by atoms with Crippen LogP contribution in [-0.2, 0) is 21.4 Å². The third-order valence-electron chi connectivity index (χ3n) is 3.72. The van der Waals surface area contributed by atoms with Crippen LogP contribution in [0.15, 0.2) is 42.5 Å². The second kappa shape index (κ2) is 8.83. The summed E-state index contributed by atoms with van der Waals surface area (Å²) in [6, 6.07) is 10.2. The maximum Gasteiger partial charge on any atom is 0.239 e. The Labute approximate surface area is 157 Å². The van der Waals surface area contributed by atoms with Crippen molar-refractivity contribution in [3.05, 3.63) is 53.8 Å². The molecule has 0 saturated heterocycles. The van der Waals surface area contributed by atoms with Crippen LogP contribution in [0.5, 0.6) is 11.5 Å². The summed E-state index contributed by atoms with van der Waals surface area (Å²) in [7, 11) is -0.674. The number of hydrogen-bond donors (Lipinski definition) is 1. The molecule has 0 aliphatic rings. The number of methoxy groups -OCH3 is 2. The molecule has 27 heavy (non-hydrogen) atoms. The van der Waals surface area contributed by atoms with Gasteiger partial charge < -0.3 is 14.8 Å². The number of halogens is 1. The molecule has 0 unspecified atom stereocenters. The second-order valence-corrected chi connectivity index (χ2v) is 7.76. The summed E-state index contributed by atoms with van der Waals surface area (Å²) in [6.07, 6.45) is 1.03. The standard InChI is InChI=1S/C18H21FN2O5S/c1-25-16-9-4-13(10-17(16)26-2)11-21(27(3,23)24)12-18(22)20-15-7-5-14(19)6-8-15/h4-10H,11-12H2,1-3H3,(H,20,22). The van der Waals surface area contributed by atoms with E-state index >= 15 is 0 Å². The molecule has 7 nitrogen and oxygen atoms in total. The number of nitrogens with one attached hydrogen (secondary N) is 1. The van der Waals surface area contributed by atoms with Crippen LogP contribution in [0.4, 0.5) is 10.1 Å². The average molecular weight is 396 g/mol. The summed E-state index contributed by atoms with van der Waals surface area (Å²) in [5, 5.41) is 2.54. The number of carbonyl (C=O) groups is 1. The highest BCUT2D eigenvalue weighted by Crippen LogP contribution is 2.28. The first-order valence-electron chi connectivity index (χ1n) is 7.94. The normalized spacial score (nSPS) is 11.3. The van der Waals surface area contributed by atoms with E-state index in [1.165, 1.54) is 38.5 Å². The molecule has 0 bridgehead atoms. The molecule has 2 aromatic carbocycles. The highest BCUT2D eigenvalue weighted by molar-refractivity contribution is 7.88. The van der Waals surface area contributed by atoms with Gasteiger partial charge in [-0.05, 0) is 42.0 Å². The van der Waals surface area contributed by atoms with Gasteiger partial charge in [-0.25, -0.2) is 12.8 Å². The van der Waals surface area contributed by atoms with Crippen molar-refractivity contribution in [2.45, 2.75) is 6.54 Å². The molecule has 0 radical (unpaired) electrons. The fourth-order valence-corrected chi connectivity index (χ4v) is 3.10. The third-order valence-corrected chi connectivity index (χ3v) is 4.92. The second-order valence-electron chi connectivity index (χ2n) is 5.78. The van der Waals surface area contributed by atoms with Crippen LogP contribution >= 0.6 is 0 Å². The van der Waals surface area contributed by atoms with E-state index in [-0.39, 0.29) is 13.1 Å². The summed E-state index contributed by atoms with van der Waals surface area (Å²) in [4.78, 5) is 12.2. The van der Waals surface area contributed by atoms with Crippen LogP contribution in [0, 0.1) is 5.82 Å². The van der Waals surface area contributed by atoms with Crippen molar-refractivity contribution in [3.63, 3.8) is 0 Å².